The molecule has 2 aromatic rings. The number of hydrogen-bond donors (Lipinski definition) is 0. The van der Waals surface area contributed by atoms with Crippen molar-refractivity contribution in [3.8, 4) is 0 Å². The van der Waals surface area contributed by atoms with Crippen LogP contribution in [0.3, 0.4) is 0 Å². The number of rotatable bonds is 2. The molecule has 0 saturated heterocycles. The molecule has 0 amide bonds. The van der Waals surface area contributed by atoms with Gasteiger partial charge >= 0.3 is 0 Å². The molecule has 76 valence electrons. The van der Waals surface area contributed by atoms with E-state index in [0.29, 0.717) is 6.08 Å². The molecule has 0 aromatic heterocycles. The van der Waals surface area contributed by atoms with Gasteiger partial charge in [-0.05, 0) is 22.9 Å². The van der Waals surface area contributed by atoms with Gasteiger partial charge in [0.1, 0.15) is 0 Å². The molecule has 2 aromatic carbocycles. The lowest BCUT2D eigenvalue weighted by atomic mass is 10.0. The van der Waals surface area contributed by atoms with E-state index >= 15 is 0 Å². The van der Waals surface area contributed by atoms with Gasteiger partial charge in [0.05, 0.1) is 0 Å². The molecule has 15 heavy (non-hydrogen) atoms. The Morgan fingerprint density at radius 1 is 1.00 bits per heavy atom. The third kappa shape index (κ3) is 1.75. The summed E-state index contributed by atoms with van der Waals surface area (Å²) in [5.41, 5.74) is -0.0174. The third-order valence-corrected chi connectivity index (χ3v) is 2.39. The molecule has 2 heteroatoms. The first-order valence-corrected chi connectivity index (χ1v) is 4.64. The Hall–Kier alpha value is -1.70. The van der Waals surface area contributed by atoms with E-state index in [2.05, 4.69) is 6.58 Å². The van der Waals surface area contributed by atoms with Crippen LogP contribution in [0.5, 0.6) is 0 Å². The SMILES string of the molecule is C=CC(F)(F)c1ccc2ccccc2c1. The lowest BCUT2D eigenvalue weighted by Gasteiger charge is -2.12. The zero-order valence-electron chi connectivity index (χ0n) is 8.08. The fraction of sp³-hybridized carbons (Fsp3) is 0.0769. The fourth-order valence-corrected chi connectivity index (χ4v) is 1.51. The number of fused-ring (bicyclic) bond motifs is 1. The molecule has 0 atom stereocenters. The Morgan fingerprint density at radius 2 is 1.67 bits per heavy atom. The summed E-state index contributed by atoms with van der Waals surface area (Å²) in [7, 11) is 0. The standard InChI is InChI=1S/C13H10F2/c1-2-13(14,15)12-8-7-10-5-3-4-6-11(10)9-12/h2-9H,1H2. The zero-order chi connectivity index (χ0) is 10.9. The molecule has 0 nitrogen and oxygen atoms in total. The van der Waals surface area contributed by atoms with Crippen LogP contribution in [0.25, 0.3) is 10.8 Å². The highest BCUT2D eigenvalue weighted by Crippen LogP contribution is 2.30. The molecule has 0 aliphatic carbocycles. The second-order valence-electron chi connectivity index (χ2n) is 3.39. The molecular weight excluding hydrogens is 194 g/mol. The minimum Gasteiger partial charge on any atom is -0.197 e. The van der Waals surface area contributed by atoms with Gasteiger partial charge in [-0.25, -0.2) is 0 Å². The van der Waals surface area contributed by atoms with E-state index in [-0.39, 0.29) is 5.56 Å². The van der Waals surface area contributed by atoms with Crippen LogP contribution < -0.4 is 0 Å². The van der Waals surface area contributed by atoms with Crippen LogP contribution in [0.1, 0.15) is 5.56 Å². The van der Waals surface area contributed by atoms with Crippen molar-refractivity contribution < 1.29 is 8.78 Å². The minimum absolute atomic E-state index is 0.0174. The highest BCUT2D eigenvalue weighted by atomic mass is 19.3. The van der Waals surface area contributed by atoms with Crippen LogP contribution in [0.4, 0.5) is 8.78 Å². The first-order valence-electron chi connectivity index (χ1n) is 4.64. The summed E-state index contributed by atoms with van der Waals surface area (Å²) in [6.45, 7) is 3.14. The van der Waals surface area contributed by atoms with Crippen molar-refractivity contribution in [2.75, 3.05) is 0 Å². The maximum atomic E-state index is 13.3. The summed E-state index contributed by atoms with van der Waals surface area (Å²) in [5.74, 6) is -2.95. The number of benzene rings is 2. The highest BCUT2D eigenvalue weighted by Gasteiger charge is 2.26. The van der Waals surface area contributed by atoms with Gasteiger partial charge in [0.2, 0.25) is 0 Å². The lowest BCUT2D eigenvalue weighted by Crippen LogP contribution is -2.08. The normalized spacial score (nSPS) is 11.6. The topological polar surface area (TPSA) is 0 Å². The molecule has 0 bridgehead atoms. The maximum Gasteiger partial charge on any atom is 0.291 e. The van der Waals surface area contributed by atoms with E-state index < -0.39 is 5.92 Å². The number of allylic oxidation sites excluding steroid dienone is 1. The Balaban J connectivity index is 2.61. The minimum atomic E-state index is -2.95. The smallest absolute Gasteiger partial charge is 0.197 e. The summed E-state index contributed by atoms with van der Waals surface area (Å²) < 4.78 is 26.6. The first-order chi connectivity index (χ1) is 7.13. The van der Waals surface area contributed by atoms with Crippen LogP contribution in [0.2, 0.25) is 0 Å². The molecular formula is C13H10F2. The van der Waals surface area contributed by atoms with Gasteiger partial charge in [-0.2, -0.15) is 8.78 Å². The monoisotopic (exact) mass is 204 g/mol. The predicted molar refractivity (Wildman–Crippen MR) is 58.0 cm³/mol. The van der Waals surface area contributed by atoms with Crippen LogP contribution in [0, 0.1) is 0 Å². The molecule has 0 heterocycles. The zero-order valence-corrected chi connectivity index (χ0v) is 8.08. The molecule has 0 spiro atoms. The summed E-state index contributed by atoms with van der Waals surface area (Å²) in [6.07, 6.45) is 0.664. The quantitative estimate of drug-likeness (QED) is 0.645. The van der Waals surface area contributed by atoms with Crippen LogP contribution >= 0.6 is 0 Å². The van der Waals surface area contributed by atoms with Gasteiger partial charge in [0.15, 0.2) is 0 Å². The molecule has 2 rings (SSSR count). The molecule has 0 radical (unpaired) electrons. The number of alkyl halides is 2. The van der Waals surface area contributed by atoms with Crippen molar-refractivity contribution in [3.63, 3.8) is 0 Å². The Bertz CT molecular complexity index is 501. The lowest BCUT2D eigenvalue weighted by molar-refractivity contribution is 0.0527. The van der Waals surface area contributed by atoms with E-state index in [4.69, 9.17) is 0 Å². The second-order valence-corrected chi connectivity index (χ2v) is 3.39. The summed E-state index contributed by atoms with van der Waals surface area (Å²) in [6, 6.07) is 12.1. The third-order valence-electron chi connectivity index (χ3n) is 2.39. The van der Waals surface area contributed by atoms with Gasteiger partial charge in [-0.15, -0.1) is 0 Å². The molecule has 0 aliphatic rings. The van der Waals surface area contributed by atoms with Crippen LogP contribution in [0.15, 0.2) is 55.1 Å². The van der Waals surface area contributed by atoms with Gasteiger partial charge in [-0.1, -0.05) is 43.0 Å². The van der Waals surface area contributed by atoms with Crippen molar-refractivity contribution in [2.24, 2.45) is 0 Å². The summed E-state index contributed by atoms with van der Waals surface area (Å²) in [4.78, 5) is 0. The van der Waals surface area contributed by atoms with Crippen molar-refractivity contribution >= 4 is 10.8 Å². The van der Waals surface area contributed by atoms with Gasteiger partial charge < -0.3 is 0 Å². The van der Waals surface area contributed by atoms with Crippen LogP contribution in [-0.4, -0.2) is 0 Å². The predicted octanol–water partition coefficient (Wildman–Crippen LogP) is 4.12. The van der Waals surface area contributed by atoms with Gasteiger partial charge in [0, 0.05) is 5.56 Å². The first kappa shape index (κ1) is 9.84. The Morgan fingerprint density at radius 3 is 2.33 bits per heavy atom. The Kier molecular flexibility index (Phi) is 2.27. The number of halogens is 2. The van der Waals surface area contributed by atoms with Crippen molar-refractivity contribution in [2.45, 2.75) is 5.92 Å². The average Bonchev–Trinajstić information content (AvgIpc) is 2.28. The molecule has 0 aliphatic heterocycles. The summed E-state index contributed by atoms with van der Waals surface area (Å²) in [5, 5.41) is 1.78. The second kappa shape index (κ2) is 3.46. The van der Waals surface area contributed by atoms with Gasteiger partial charge in [-0.3, -0.25) is 0 Å². The fourth-order valence-electron chi connectivity index (χ4n) is 1.51. The number of hydrogen-bond acceptors (Lipinski definition) is 0. The van der Waals surface area contributed by atoms with Gasteiger partial charge in [0.25, 0.3) is 5.92 Å². The Labute approximate surface area is 86.8 Å². The average molecular weight is 204 g/mol. The maximum absolute atomic E-state index is 13.3. The molecule has 0 fully saturated rings. The summed E-state index contributed by atoms with van der Waals surface area (Å²) >= 11 is 0. The molecule has 0 unspecified atom stereocenters. The van der Waals surface area contributed by atoms with E-state index in [1.54, 1.807) is 6.07 Å². The van der Waals surface area contributed by atoms with Crippen LogP contribution in [-0.2, 0) is 5.92 Å². The molecule has 0 N–H and O–H groups in total. The molecule has 0 saturated carbocycles. The highest BCUT2D eigenvalue weighted by molar-refractivity contribution is 5.83. The van der Waals surface area contributed by atoms with Crippen molar-refractivity contribution in [3.05, 3.63) is 60.7 Å². The van der Waals surface area contributed by atoms with E-state index in [9.17, 15) is 8.78 Å². The largest absolute Gasteiger partial charge is 0.291 e. The van der Waals surface area contributed by atoms with Crippen molar-refractivity contribution in [1.82, 2.24) is 0 Å². The van der Waals surface area contributed by atoms with E-state index in [1.807, 2.05) is 24.3 Å². The van der Waals surface area contributed by atoms with Crippen molar-refractivity contribution in [1.29, 1.82) is 0 Å². The van der Waals surface area contributed by atoms with E-state index in [1.165, 1.54) is 12.1 Å². The van der Waals surface area contributed by atoms with E-state index in [0.717, 1.165) is 10.8 Å².